The summed E-state index contributed by atoms with van der Waals surface area (Å²) < 4.78 is 0. The van der Waals surface area contributed by atoms with Gasteiger partial charge in [-0.1, -0.05) is 0 Å². The molecule has 6 heavy (non-hydrogen) atoms. The number of hydrogen-bond donors (Lipinski definition) is 0. The first-order valence-electron chi connectivity index (χ1n) is 0. The van der Waals surface area contributed by atoms with Crippen LogP contribution in [-0.4, -0.2) is 45.5 Å². The van der Waals surface area contributed by atoms with Gasteiger partial charge in [-0.2, -0.15) is 0 Å². The zero-order valence-corrected chi connectivity index (χ0v) is 9.16. The van der Waals surface area contributed by atoms with Crippen LogP contribution in [0.4, 0.5) is 0 Å². The summed E-state index contributed by atoms with van der Waals surface area (Å²) in [7, 11) is 0. The maximum atomic E-state index is 0. The molecule has 0 bridgehead atoms. The molecule has 0 radical (unpaired) electrons. The summed E-state index contributed by atoms with van der Waals surface area (Å²) in [5.41, 5.74) is 0. The van der Waals surface area contributed by atoms with E-state index in [0.717, 1.165) is 0 Å². The Kier molecular flexibility index (Phi) is 1020. The standard InChI is InChI=1S/4O.Sr.W/q4*-2;+2;+6. The minimum Gasteiger partial charge on any atom is -2.00 e. The van der Waals surface area contributed by atoms with Crippen molar-refractivity contribution < 1.29 is 43.0 Å². The third kappa shape index (κ3) is 37.4. The molecule has 0 aromatic rings. The van der Waals surface area contributed by atoms with Gasteiger partial charge in [0.15, 0.2) is 0 Å². The molecule has 0 rings (SSSR count). The van der Waals surface area contributed by atoms with Gasteiger partial charge in [-0.25, -0.2) is 0 Å². The number of hydrogen-bond acceptors (Lipinski definition) is 0. The van der Waals surface area contributed by atoms with Crippen molar-refractivity contribution in [3.63, 3.8) is 0 Å². The van der Waals surface area contributed by atoms with E-state index in [1.807, 2.05) is 0 Å². The third-order valence-electron chi connectivity index (χ3n) is 0. The van der Waals surface area contributed by atoms with Crippen LogP contribution < -0.4 is 0 Å². The van der Waals surface area contributed by atoms with Crippen LogP contribution in [0, 0.1) is 0 Å². The van der Waals surface area contributed by atoms with E-state index in [-0.39, 0.29) is 88.5 Å². The maximum absolute atomic E-state index is 0. The second-order valence-electron chi connectivity index (χ2n) is 0. The van der Waals surface area contributed by atoms with E-state index in [0.29, 0.717) is 0 Å². The molecule has 32 valence electrons. The van der Waals surface area contributed by atoms with Gasteiger partial charge in [-0.05, 0) is 0 Å². The molecular weight excluding hydrogens is 335 g/mol. The van der Waals surface area contributed by atoms with E-state index in [9.17, 15) is 0 Å². The Morgan fingerprint density at radius 1 is 0.500 bits per heavy atom. The largest absolute Gasteiger partial charge is 6.00 e. The molecule has 6 heteroatoms. The fraction of sp³-hybridized carbons (Fsp3) is 0. The Hall–Kier alpha value is 2.01. The molecule has 0 aliphatic carbocycles. The van der Waals surface area contributed by atoms with Gasteiger partial charge in [0.2, 0.25) is 0 Å². The number of rotatable bonds is 0. The summed E-state index contributed by atoms with van der Waals surface area (Å²) in [5, 5.41) is 0. The van der Waals surface area contributed by atoms with E-state index in [1.54, 1.807) is 0 Å². The molecule has 0 fully saturated rings. The van der Waals surface area contributed by atoms with E-state index in [1.165, 1.54) is 0 Å². The van der Waals surface area contributed by atoms with Crippen molar-refractivity contribution in [2.24, 2.45) is 0 Å². The zero-order chi connectivity index (χ0) is 0. The first-order valence-corrected chi connectivity index (χ1v) is 0. The Morgan fingerprint density at radius 3 is 0.500 bits per heavy atom. The van der Waals surface area contributed by atoms with Crippen LogP contribution in [0.25, 0.3) is 0 Å². The van der Waals surface area contributed by atoms with Crippen molar-refractivity contribution in [3.8, 4) is 0 Å². The van der Waals surface area contributed by atoms with Crippen molar-refractivity contribution in [1.82, 2.24) is 0 Å². The fourth-order valence-corrected chi connectivity index (χ4v) is 0. The van der Waals surface area contributed by atoms with Crippen LogP contribution in [0.3, 0.4) is 0 Å². The van der Waals surface area contributed by atoms with E-state index in [2.05, 4.69) is 0 Å². The molecule has 0 saturated heterocycles. The van der Waals surface area contributed by atoms with Crippen molar-refractivity contribution in [2.75, 3.05) is 0 Å². The van der Waals surface area contributed by atoms with Crippen LogP contribution in [0.5, 0.6) is 0 Å². The van der Waals surface area contributed by atoms with Gasteiger partial charge >= 0.3 is 66.5 Å². The first-order chi connectivity index (χ1) is 0. The Labute approximate surface area is 87.1 Å². The van der Waals surface area contributed by atoms with Crippen molar-refractivity contribution in [2.45, 2.75) is 0 Å². The molecule has 0 spiro atoms. The zero-order valence-electron chi connectivity index (χ0n) is 2.75. The predicted molar refractivity (Wildman–Crippen MR) is 8.50 cm³/mol. The quantitative estimate of drug-likeness (QED) is 0.513. The monoisotopic (exact) mass is 336 g/mol. The molecule has 0 heterocycles. The minimum absolute atomic E-state index is 0. The van der Waals surface area contributed by atoms with Crippen LogP contribution in [0.1, 0.15) is 0 Å². The molecular formula is O4SrW. The second kappa shape index (κ2) is 62.7. The molecule has 0 aliphatic heterocycles. The molecule has 0 aromatic heterocycles. The smallest absolute Gasteiger partial charge is 2.00 e. The third-order valence-corrected chi connectivity index (χ3v) is 0. The maximum Gasteiger partial charge on any atom is 6.00 e. The minimum atomic E-state index is 0. The van der Waals surface area contributed by atoms with Gasteiger partial charge in [0, 0.05) is 0 Å². The summed E-state index contributed by atoms with van der Waals surface area (Å²) in [6.07, 6.45) is 0. The molecule has 0 aliphatic rings. The Balaban J connectivity index is 0. The molecule has 0 N–H and O–H groups in total. The summed E-state index contributed by atoms with van der Waals surface area (Å²) in [5.74, 6) is 0. The van der Waals surface area contributed by atoms with Gasteiger partial charge in [0.1, 0.15) is 0 Å². The average molecular weight is 335 g/mol. The Bertz CT molecular complexity index is 7.51. The molecule has 0 atom stereocenters. The van der Waals surface area contributed by atoms with Gasteiger partial charge in [0.25, 0.3) is 0 Å². The van der Waals surface area contributed by atoms with Gasteiger partial charge < -0.3 is 21.9 Å². The average Bonchev–Trinajstić information content (AvgIpc) is 0. The van der Waals surface area contributed by atoms with Crippen LogP contribution in [-0.2, 0) is 43.0 Å². The molecule has 0 saturated carbocycles. The van der Waals surface area contributed by atoms with Crippen LogP contribution >= 0.6 is 0 Å². The fourth-order valence-electron chi connectivity index (χ4n) is 0. The molecule has 0 amide bonds. The van der Waals surface area contributed by atoms with Crippen molar-refractivity contribution in [3.05, 3.63) is 0 Å². The molecule has 0 aromatic carbocycles. The van der Waals surface area contributed by atoms with Crippen molar-refractivity contribution >= 4 is 45.5 Å². The van der Waals surface area contributed by atoms with E-state index in [4.69, 9.17) is 0 Å². The van der Waals surface area contributed by atoms with Crippen molar-refractivity contribution in [1.29, 1.82) is 0 Å². The normalized spacial score (nSPS) is 0. The topological polar surface area (TPSA) is 114 Å². The SMILES string of the molecule is [O-2].[O-2].[O-2].[O-2].[Sr+2].[W+6]. The van der Waals surface area contributed by atoms with Gasteiger partial charge in [0.05, 0.1) is 0 Å². The summed E-state index contributed by atoms with van der Waals surface area (Å²) in [6, 6.07) is 0. The summed E-state index contributed by atoms with van der Waals surface area (Å²) >= 11 is 0. The molecule has 0 unspecified atom stereocenters. The van der Waals surface area contributed by atoms with Gasteiger partial charge in [-0.15, -0.1) is 0 Å². The molecule has 4 nitrogen and oxygen atoms in total. The summed E-state index contributed by atoms with van der Waals surface area (Å²) in [6.45, 7) is 0. The van der Waals surface area contributed by atoms with Crippen LogP contribution in [0.15, 0.2) is 0 Å². The Morgan fingerprint density at radius 2 is 0.500 bits per heavy atom. The van der Waals surface area contributed by atoms with E-state index < -0.39 is 0 Å². The predicted octanol–water partition coefficient (Wildman–Crippen LogP) is -0.859. The van der Waals surface area contributed by atoms with Gasteiger partial charge in [-0.3, -0.25) is 0 Å². The summed E-state index contributed by atoms with van der Waals surface area (Å²) in [4.78, 5) is 0. The first kappa shape index (κ1) is 97.5. The second-order valence-corrected chi connectivity index (χ2v) is 0. The van der Waals surface area contributed by atoms with Crippen LogP contribution in [0.2, 0.25) is 0 Å². The van der Waals surface area contributed by atoms with E-state index >= 15 is 0 Å².